The molecule has 4 N–H and O–H groups in total. The number of aromatic nitrogens is 3. The molecule has 1 aliphatic rings. The Morgan fingerprint density at radius 3 is 2.89 bits per heavy atom. The minimum Gasteiger partial charge on any atom is -0.368 e. The van der Waals surface area contributed by atoms with Crippen LogP contribution in [-0.2, 0) is 0 Å². The fraction of sp³-hybridized carbons (Fsp3) is 0.778. The molecule has 9 heteroatoms. The van der Waals surface area contributed by atoms with Crippen molar-refractivity contribution < 1.29 is 13.2 Å². The number of H-pyrrole nitrogens is 1. The number of hydrogen-bond donors (Lipinski definition) is 3. The van der Waals surface area contributed by atoms with Crippen LogP contribution < -0.4 is 11.1 Å². The standard InChI is InChI=1S/C9H15F3N6/c10-9(11,12)5-18-2-1-6(4-18)3-14-8-15-7(13)16-17-8/h6H,1-5H2,(H4,13,14,15,16,17). The van der Waals surface area contributed by atoms with Gasteiger partial charge < -0.3 is 11.1 Å². The van der Waals surface area contributed by atoms with Gasteiger partial charge in [0.15, 0.2) is 0 Å². The highest BCUT2D eigenvalue weighted by Crippen LogP contribution is 2.22. The van der Waals surface area contributed by atoms with Crippen molar-refractivity contribution in [3.8, 4) is 0 Å². The van der Waals surface area contributed by atoms with Crippen LogP contribution in [0.15, 0.2) is 0 Å². The van der Waals surface area contributed by atoms with E-state index in [1.165, 1.54) is 4.90 Å². The van der Waals surface area contributed by atoms with E-state index in [1.807, 2.05) is 0 Å². The summed E-state index contributed by atoms with van der Waals surface area (Å²) in [6.45, 7) is 0.622. The van der Waals surface area contributed by atoms with Gasteiger partial charge in [0.25, 0.3) is 0 Å². The molecule has 0 radical (unpaired) electrons. The molecular weight excluding hydrogens is 249 g/mol. The van der Waals surface area contributed by atoms with Gasteiger partial charge in [0, 0.05) is 13.1 Å². The molecule has 0 amide bonds. The Bertz CT molecular complexity index is 390. The second kappa shape index (κ2) is 5.01. The first-order valence-electron chi connectivity index (χ1n) is 5.63. The molecule has 0 saturated carbocycles. The van der Waals surface area contributed by atoms with E-state index in [0.29, 0.717) is 25.6 Å². The maximum Gasteiger partial charge on any atom is 0.401 e. The lowest BCUT2D eigenvalue weighted by Crippen LogP contribution is -2.33. The Balaban J connectivity index is 1.73. The van der Waals surface area contributed by atoms with E-state index in [1.54, 1.807) is 0 Å². The number of nitrogens with one attached hydrogen (secondary N) is 2. The third kappa shape index (κ3) is 3.76. The van der Waals surface area contributed by atoms with Gasteiger partial charge in [-0.1, -0.05) is 0 Å². The largest absolute Gasteiger partial charge is 0.401 e. The number of halogens is 3. The Hall–Kier alpha value is -1.51. The molecule has 18 heavy (non-hydrogen) atoms. The van der Waals surface area contributed by atoms with Crippen LogP contribution in [0, 0.1) is 5.92 Å². The molecule has 0 bridgehead atoms. The normalized spacial score (nSPS) is 21.4. The highest BCUT2D eigenvalue weighted by molar-refractivity contribution is 5.29. The summed E-state index contributed by atoms with van der Waals surface area (Å²) in [6.07, 6.45) is -3.39. The number of nitrogen functional groups attached to an aromatic ring is 1. The van der Waals surface area contributed by atoms with E-state index < -0.39 is 12.7 Å². The smallest absolute Gasteiger partial charge is 0.368 e. The molecule has 1 saturated heterocycles. The molecule has 1 fully saturated rings. The minimum atomic E-state index is -4.12. The maximum absolute atomic E-state index is 12.2. The van der Waals surface area contributed by atoms with Crippen molar-refractivity contribution in [3.05, 3.63) is 0 Å². The van der Waals surface area contributed by atoms with Gasteiger partial charge in [-0.25, -0.2) is 5.10 Å². The van der Waals surface area contributed by atoms with Crippen LogP contribution in [0.3, 0.4) is 0 Å². The van der Waals surface area contributed by atoms with Crippen molar-refractivity contribution in [1.82, 2.24) is 20.1 Å². The van der Waals surface area contributed by atoms with Crippen LogP contribution in [0.25, 0.3) is 0 Å². The Kier molecular flexibility index (Phi) is 3.60. The van der Waals surface area contributed by atoms with Crippen LogP contribution >= 0.6 is 0 Å². The zero-order chi connectivity index (χ0) is 13.2. The van der Waals surface area contributed by atoms with Crippen molar-refractivity contribution in [2.24, 2.45) is 5.92 Å². The molecule has 1 aromatic heterocycles. The van der Waals surface area contributed by atoms with Crippen molar-refractivity contribution in [1.29, 1.82) is 0 Å². The molecule has 2 heterocycles. The molecular formula is C9H15F3N6. The summed E-state index contributed by atoms with van der Waals surface area (Å²) in [5.41, 5.74) is 5.35. The first-order chi connectivity index (χ1) is 8.42. The van der Waals surface area contributed by atoms with Crippen molar-refractivity contribution in [3.63, 3.8) is 0 Å². The van der Waals surface area contributed by atoms with Gasteiger partial charge in [-0.15, -0.1) is 5.10 Å². The van der Waals surface area contributed by atoms with Crippen LogP contribution in [0.1, 0.15) is 6.42 Å². The first kappa shape index (κ1) is 12.9. The second-order valence-corrected chi connectivity index (χ2v) is 4.43. The van der Waals surface area contributed by atoms with E-state index >= 15 is 0 Å². The van der Waals surface area contributed by atoms with Crippen LogP contribution in [0.4, 0.5) is 25.1 Å². The van der Waals surface area contributed by atoms with Crippen molar-refractivity contribution in [2.75, 3.05) is 37.2 Å². The number of alkyl halides is 3. The summed E-state index contributed by atoms with van der Waals surface area (Å²) in [5.74, 6) is 0.761. The van der Waals surface area contributed by atoms with Crippen LogP contribution in [-0.4, -0.2) is 52.4 Å². The topological polar surface area (TPSA) is 82.9 Å². The molecule has 6 nitrogen and oxygen atoms in total. The van der Waals surface area contributed by atoms with E-state index in [2.05, 4.69) is 20.5 Å². The zero-order valence-electron chi connectivity index (χ0n) is 9.67. The predicted molar refractivity (Wildman–Crippen MR) is 59.9 cm³/mol. The van der Waals surface area contributed by atoms with Gasteiger partial charge in [-0.05, 0) is 18.9 Å². The number of rotatable bonds is 4. The average Bonchev–Trinajstić information content (AvgIpc) is 2.82. The molecule has 102 valence electrons. The molecule has 2 rings (SSSR count). The number of aromatic amines is 1. The Labute approximate surface area is 102 Å². The molecule has 0 aliphatic carbocycles. The number of nitrogens with zero attached hydrogens (tertiary/aromatic N) is 3. The number of nitrogens with two attached hydrogens (primary N) is 1. The highest BCUT2D eigenvalue weighted by atomic mass is 19.4. The number of hydrogen-bond acceptors (Lipinski definition) is 5. The van der Waals surface area contributed by atoms with Gasteiger partial charge in [-0.2, -0.15) is 18.2 Å². The number of likely N-dealkylation sites (tertiary alicyclic amines) is 1. The van der Waals surface area contributed by atoms with Gasteiger partial charge >= 0.3 is 6.18 Å². The summed E-state index contributed by atoms with van der Waals surface area (Å²) in [6, 6.07) is 0. The molecule has 1 aromatic rings. The van der Waals surface area contributed by atoms with Crippen LogP contribution in [0.2, 0.25) is 0 Å². The third-order valence-corrected chi connectivity index (χ3v) is 2.82. The average molecular weight is 264 g/mol. The lowest BCUT2D eigenvalue weighted by atomic mass is 10.1. The zero-order valence-corrected chi connectivity index (χ0v) is 9.67. The number of anilines is 2. The minimum absolute atomic E-state index is 0.173. The van der Waals surface area contributed by atoms with Crippen molar-refractivity contribution >= 4 is 11.9 Å². The summed E-state index contributed by atoms with van der Waals surface area (Å²) in [7, 11) is 0. The highest BCUT2D eigenvalue weighted by Gasteiger charge is 2.34. The van der Waals surface area contributed by atoms with Gasteiger partial charge in [-0.3, -0.25) is 4.90 Å². The Morgan fingerprint density at radius 1 is 1.50 bits per heavy atom. The summed E-state index contributed by atoms with van der Waals surface area (Å²) >= 11 is 0. The van der Waals surface area contributed by atoms with Crippen molar-refractivity contribution in [2.45, 2.75) is 12.6 Å². The predicted octanol–water partition coefficient (Wildman–Crippen LogP) is 0.683. The van der Waals surface area contributed by atoms with E-state index in [0.717, 1.165) is 6.42 Å². The summed E-state index contributed by atoms with van der Waals surface area (Å²) < 4.78 is 36.6. The maximum atomic E-state index is 12.2. The van der Waals surface area contributed by atoms with E-state index in [9.17, 15) is 13.2 Å². The third-order valence-electron chi connectivity index (χ3n) is 2.82. The lowest BCUT2D eigenvalue weighted by Gasteiger charge is -2.17. The molecule has 0 aromatic carbocycles. The van der Waals surface area contributed by atoms with Gasteiger partial charge in [0.1, 0.15) is 0 Å². The fourth-order valence-corrected chi connectivity index (χ4v) is 2.07. The fourth-order valence-electron chi connectivity index (χ4n) is 2.07. The lowest BCUT2D eigenvalue weighted by molar-refractivity contribution is -0.143. The van der Waals surface area contributed by atoms with Gasteiger partial charge in [0.05, 0.1) is 6.54 Å². The first-order valence-corrected chi connectivity index (χ1v) is 5.63. The van der Waals surface area contributed by atoms with Gasteiger partial charge in [0.2, 0.25) is 11.9 Å². The SMILES string of the molecule is Nc1nc(NCC2CCN(CC(F)(F)F)C2)n[nH]1. The molecule has 0 spiro atoms. The molecule has 1 atom stereocenters. The second-order valence-electron chi connectivity index (χ2n) is 4.43. The summed E-state index contributed by atoms with van der Waals surface area (Å²) in [5, 5.41) is 9.22. The summed E-state index contributed by atoms with van der Waals surface area (Å²) in [4.78, 5) is 5.27. The molecule has 1 aliphatic heterocycles. The monoisotopic (exact) mass is 264 g/mol. The molecule has 1 unspecified atom stereocenters. The van der Waals surface area contributed by atoms with E-state index in [-0.39, 0.29) is 11.9 Å². The quantitative estimate of drug-likeness (QED) is 0.745. The van der Waals surface area contributed by atoms with E-state index in [4.69, 9.17) is 5.73 Å². The Morgan fingerprint density at radius 2 is 2.28 bits per heavy atom. The van der Waals surface area contributed by atoms with Crippen LogP contribution in [0.5, 0.6) is 0 Å².